The number of amides is 2. The van der Waals surface area contributed by atoms with Crippen LogP contribution in [0.4, 0.5) is 4.79 Å². The molecule has 4 nitrogen and oxygen atoms in total. The van der Waals surface area contributed by atoms with Crippen LogP contribution in [0, 0.1) is 5.92 Å². The van der Waals surface area contributed by atoms with Crippen molar-refractivity contribution in [3.63, 3.8) is 0 Å². The summed E-state index contributed by atoms with van der Waals surface area (Å²) >= 11 is 0. The predicted molar refractivity (Wildman–Crippen MR) is 120 cm³/mol. The summed E-state index contributed by atoms with van der Waals surface area (Å²) < 4.78 is 0. The molecule has 0 saturated carbocycles. The second-order valence-corrected chi connectivity index (χ2v) is 9.18. The average molecular weight is 404 g/mol. The van der Waals surface area contributed by atoms with Crippen molar-refractivity contribution in [1.29, 1.82) is 0 Å². The molecule has 0 radical (unpaired) electrons. The van der Waals surface area contributed by atoms with E-state index in [1.807, 2.05) is 6.07 Å². The molecular weight excluding hydrogens is 370 g/mol. The standard InChI is InChI=1S/C26H33N3O/c1-2-23(20-10-4-3-5-11-20)27-26(30)29-15-8-12-21-18-28-16-14-19-9-6-7-13-22(19)25(28)17-24(21)29/h3-7,9-11,13,21,23-25H,2,8,12,14-18H2,1H3,(H,27,30)/t21-,23-,24+,25+/m1/s1. The smallest absolute Gasteiger partial charge is 0.318 e. The average Bonchev–Trinajstić information content (AvgIpc) is 2.81. The Labute approximate surface area is 180 Å². The van der Waals surface area contributed by atoms with Gasteiger partial charge in [-0.3, -0.25) is 4.90 Å². The minimum absolute atomic E-state index is 0.0783. The molecule has 0 aromatic heterocycles. The van der Waals surface area contributed by atoms with Crippen molar-refractivity contribution in [3.05, 3.63) is 71.3 Å². The van der Waals surface area contributed by atoms with Crippen LogP contribution >= 0.6 is 0 Å². The molecule has 0 aliphatic carbocycles. The van der Waals surface area contributed by atoms with E-state index in [1.54, 1.807) is 0 Å². The number of hydrogen-bond acceptors (Lipinski definition) is 2. The second kappa shape index (κ2) is 8.43. The van der Waals surface area contributed by atoms with Crippen LogP contribution in [0.2, 0.25) is 0 Å². The zero-order valence-corrected chi connectivity index (χ0v) is 18.0. The van der Waals surface area contributed by atoms with Gasteiger partial charge in [-0.05, 0) is 54.7 Å². The zero-order chi connectivity index (χ0) is 20.5. The molecule has 4 heteroatoms. The van der Waals surface area contributed by atoms with Crippen LogP contribution in [-0.4, -0.2) is 41.5 Å². The number of piperidine rings is 2. The first kappa shape index (κ1) is 19.6. The summed E-state index contributed by atoms with van der Waals surface area (Å²) in [4.78, 5) is 18.3. The maximum absolute atomic E-state index is 13.4. The SMILES string of the molecule is CC[C@@H](NC(=O)N1CCC[C@@H]2CN3CCc4ccccc4[C@@H]3C[C@@H]21)c1ccccc1. The largest absolute Gasteiger partial charge is 0.331 e. The summed E-state index contributed by atoms with van der Waals surface area (Å²) in [6.45, 7) is 5.31. The molecule has 3 aliphatic rings. The van der Waals surface area contributed by atoms with Crippen LogP contribution in [0.5, 0.6) is 0 Å². The molecule has 2 fully saturated rings. The maximum Gasteiger partial charge on any atom is 0.318 e. The Hall–Kier alpha value is -2.33. The van der Waals surface area contributed by atoms with Gasteiger partial charge in [-0.15, -0.1) is 0 Å². The molecule has 0 spiro atoms. The number of urea groups is 1. The highest BCUT2D eigenvalue weighted by Crippen LogP contribution is 2.42. The lowest BCUT2D eigenvalue weighted by Gasteiger charge is -2.52. The van der Waals surface area contributed by atoms with E-state index in [0.29, 0.717) is 18.0 Å². The number of benzene rings is 2. The zero-order valence-electron chi connectivity index (χ0n) is 18.0. The molecule has 3 heterocycles. The van der Waals surface area contributed by atoms with E-state index in [4.69, 9.17) is 0 Å². The highest BCUT2D eigenvalue weighted by molar-refractivity contribution is 5.75. The van der Waals surface area contributed by atoms with Crippen molar-refractivity contribution < 1.29 is 4.79 Å². The minimum atomic E-state index is 0.0783. The molecule has 2 saturated heterocycles. The number of fused-ring (bicyclic) bond motifs is 4. The molecule has 3 aliphatic heterocycles. The van der Waals surface area contributed by atoms with Crippen LogP contribution in [0.25, 0.3) is 0 Å². The van der Waals surface area contributed by atoms with Crippen molar-refractivity contribution in [3.8, 4) is 0 Å². The molecule has 30 heavy (non-hydrogen) atoms. The number of rotatable bonds is 3. The Bertz CT molecular complexity index is 883. The van der Waals surface area contributed by atoms with Crippen molar-refractivity contribution in [2.45, 2.75) is 57.2 Å². The van der Waals surface area contributed by atoms with E-state index in [2.05, 4.69) is 70.6 Å². The summed E-state index contributed by atoms with van der Waals surface area (Å²) in [5.41, 5.74) is 4.18. The lowest BCUT2D eigenvalue weighted by atomic mass is 9.77. The van der Waals surface area contributed by atoms with Crippen molar-refractivity contribution in [2.24, 2.45) is 5.92 Å². The highest BCUT2D eigenvalue weighted by Gasteiger charge is 2.44. The summed E-state index contributed by atoms with van der Waals surface area (Å²) in [5, 5.41) is 3.35. The van der Waals surface area contributed by atoms with Crippen molar-refractivity contribution >= 4 is 6.03 Å². The fourth-order valence-electron chi connectivity index (χ4n) is 5.99. The number of nitrogens with one attached hydrogen (secondary N) is 1. The van der Waals surface area contributed by atoms with Crippen molar-refractivity contribution in [1.82, 2.24) is 15.1 Å². The molecule has 158 valence electrons. The van der Waals surface area contributed by atoms with E-state index in [1.165, 1.54) is 23.1 Å². The fraction of sp³-hybridized carbons (Fsp3) is 0.500. The third-order valence-electron chi connectivity index (χ3n) is 7.54. The van der Waals surface area contributed by atoms with E-state index < -0.39 is 0 Å². The summed E-state index contributed by atoms with van der Waals surface area (Å²) in [5.74, 6) is 0.600. The van der Waals surface area contributed by atoms with Gasteiger partial charge >= 0.3 is 6.03 Å². The molecule has 1 N–H and O–H groups in total. The van der Waals surface area contributed by atoms with Crippen LogP contribution in [0.3, 0.4) is 0 Å². The molecular formula is C26H33N3O. The maximum atomic E-state index is 13.4. The predicted octanol–water partition coefficient (Wildman–Crippen LogP) is 4.93. The van der Waals surface area contributed by atoms with E-state index in [-0.39, 0.29) is 12.1 Å². The molecule has 2 aromatic carbocycles. The Morgan fingerprint density at radius 3 is 2.73 bits per heavy atom. The second-order valence-electron chi connectivity index (χ2n) is 9.18. The quantitative estimate of drug-likeness (QED) is 0.789. The summed E-state index contributed by atoms with van der Waals surface area (Å²) in [7, 11) is 0. The molecule has 2 aromatic rings. The number of carbonyl (C=O) groups is 1. The van der Waals surface area contributed by atoms with E-state index in [9.17, 15) is 4.79 Å². The first-order chi connectivity index (χ1) is 14.7. The van der Waals surface area contributed by atoms with Crippen LogP contribution in [-0.2, 0) is 6.42 Å². The lowest BCUT2D eigenvalue weighted by molar-refractivity contribution is 0.00521. The van der Waals surface area contributed by atoms with E-state index >= 15 is 0 Å². The van der Waals surface area contributed by atoms with Crippen LogP contribution in [0.15, 0.2) is 54.6 Å². The van der Waals surface area contributed by atoms with Gasteiger partial charge in [0, 0.05) is 31.7 Å². The molecule has 2 amide bonds. The third kappa shape index (κ3) is 3.62. The molecule has 0 unspecified atom stereocenters. The number of nitrogens with zero attached hydrogens (tertiary/aromatic N) is 2. The first-order valence-corrected chi connectivity index (χ1v) is 11.7. The van der Waals surface area contributed by atoms with Gasteiger partial charge in [0.15, 0.2) is 0 Å². The normalized spacial score (nSPS) is 26.8. The number of hydrogen-bond donors (Lipinski definition) is 1. The highest BCUT2D eigenvalue weighted by atomic mass is 16.2. The van der Waals surface area contributed by atoms with Crippen molar-refractivity contribution in [2.75, 3.05) is 19.6 Å². The number of likely N-dealkylation sites (tertiary alicyclic amines) is 1. The Balaban J connectivity index is 1.35. The Morgan fingerprint density at radius 1 is 1.10 bits per heavy atom. The summed E-state index contributed by atoms with van der Waals surface area (Å²) in [6.07, 6.45) is 5.49. The molecule has 4 atom stereocenters. The van der Waals surface area contributed by atoms with E-state index in [0.717, 1.165) is 45.3 Å². The van der Waals surface area contributed by atoms with Gasteiger partial charge in [0.1, 0.15) is 0 Å². The minimum Gasteiger partial charge on any atom is -0.331 e. The van der Waals surface area contributed by atoms with Gasteiger partial charge in [-0.25, -0.2) is 4.79 Å². The van der Waals surface area contributed by atoms with Gasteiger partial charge in [0.2, 0.25) is 0 Å². The Kier molecular flexibility index (Phi) is 5.51. The monoisotopic (exact) mass is 403 g/mol. The van der Waals surface area contributed by atoms with Gasteiger partial charge in [-0.2, -0.15) is 0 Å². The topological polar surface area (TPSA) is 35.6 Å². The van der Waals surface area contributed by atoms with Crippen LogP contribution in [0.1, 0.15) is 61.4 Å². The van der Waals surface area contributed by atoms with Gasteiger partial charge in [0.05, 0.1) is 6.04 Å². The number of carbonyl (C=O) groups excluding carboxylic acids is 1. The molecule has 5 rings (SSSR count). The van der Waals surface area contributed by atoms with Crippen LogP contribution < -0.4 is 5.32 Å². The summed E-state index contributed by atoms with van der Waals surface area (Å²) in [6, 6.07) is 20.3. The molecule has 0 bridgehead atoms. The van der Waals surface area contributed by atoms with Gasteiger partial charge in [-0.1, -0.05) is 61.5 Å². The fourth-order valence-corrected chi connectivity index (χ4v) is 5.99. The Morgan fingerprint density at radius 2 is 1.90 bits per heavy atom. The third-order valence-corrected chi connectivity index (χ3v) is 7.54. The first-order valence-electron chi connectivity index (χ1n) is 11.7. The lowest BCUT2D eigenvalue weighted by Crippen LogP contribution is -2.59. The van der Waals surface area contributed by atoms with Gasteiger partial charge in [0.25, 0.3) is 0 Å². The van der Waals surface area contributed by atoms with Gasteiger partial charge < -0.3 is 10.2 Å².